The van der Waals surface area contributed by atoms with Crippen molar-refractivity contribution >= 4 is 39.2 Å². The topological polar surface area (TPSA) is 100 Å². The van der Waals surface area contributed by atoms with Gasteiger partial charge >= 0.3 is 6.18 Å². The van der Waals surface area contributed by atoms with E-state index in [0.717, 1.165) is 24.5 Å². The predicted octanol–water partition coefficient (Wildman–Crippen LogP) is 5.25. The number of alkyl halides is 3. The van der Waals surface area contributed by atoms with E-state index in [9.17, 15) is 30.8 Å². The van der Waals surface area contributed by atoms with Crippen LogP contribution in [0.5, 0.6) is 0 Å². The van der Waals surface area contributed by atoms with Crippen molar-refractivity contribution in [1.29, 1.82) is 0 Å². The van der Waals surface area contributed by atoms with E-state index in [0.29, 0.717) is 11.3 Å². The number of carbonyl (C=O) groups is 1. The smallest absolute Gasteiger partial charge is 0.346 e. The Morgan fingerprint density at radius 2 is 1.75 bits per heavy atom. The summed E-state index contributed by atoms with van der Waals surface area (Å²) in [5.41, 5.74) is -0.208. The fourth-order valence-corrected chi connectivity index (χ4v) is 3.68. The lowest BCUT2D eigenvalue weighted by atomic mass is 10.1. The van der Waals surface area contributed by atoms with Gasteiger partial charge in [-0.3, -0.25) is 9.52 Å². The number of carbonyl (C=O) groups excluding carboxylic acids is 1. The molecule has 0 bridgehead atoms. The summed E-state index contributed by atoms with van der Waals surface area (Å²) in [6.45, 7) is 1.59. The predicted molar refractivity (Wildman–Crippen MR) is 129 cm³/mol. The molecule has 190 valence electrons. The van der Waals surface area contributed by atoms with Gasteiger partial charge < -0.3 is 10.6 Å². The summed E-state index contributed by atoms with van der Waals surface area (Å²) in [7, 11) is -3.66. The first-order valence-corrected chi connectivity index (χ1v) is 12.4. The zero-order valence-corrected chi connectivity index (χ0v) is 19.9. The van der Waals surface area contributed by atoms with Crippen LogP contribution in [0.15, 0.2) is 66.7 Å². The van der Waals surface area contributed by atoms with Gasteiger partial charge in [-0.25, -0.2) is 17.8 Å². The number of halogens is 4. The van der Waals surface area contributed by atoms with Gasteiger partial charge in [-0.05, 0) is 55.0 Å². The Labute approximate surface area is 205 Å². The number of rotatable bonds is 8. The van der Waals surface area contributed by atoms with Gasteiger partial charge in [-0.2, -0.15) is 13.2 Å². The number of pyridine rings is 1. The lowest BCUT2D eigenvalue weighted by Gasteiger charge is -2.15. The van der Waals surface area contributed by atoms with Crippen molar-refractivity contribution in [1.82, 2.24) is 10.3 Å². The number of benzene rings is 2. The van der Waals surface area contributed by atoms with Gasteiger partial charge in [-0.1, -0.05) is 24.3 Å². The van der Waals surface area contributed by atoms with Gasteiger partial charge in [0.1, 0.15) is 17.3 Å². The van der Waals surface area contributed by atoms with E-state index in [2.05, 4.69) is 15.6 Å². The molecule has 0 radical (unpaired) electrons. The molecule has 1 heterocycles. The Morgan fingerprint density at radius 3 is 2.36 bits per heavy atom. The van der Waals surface area contributed by atoms with E-state index in [1.165, 1.54) is 24.3 Å². The maximum atomic E-state index is 14.2. The molecule has 7 nitrogen and oxygen atoms in total. The normalized spacial score (nSPS) is 12.8. The van der Waals surface area contributed by atoms with Gasteiger partial charge in [0.2, 0.25) is 15.9 Å². The number of nitrogens with zero attached hydrogens (tertiary/aromatic N) is 1. The molecule has 1 atom stereocenters. The Kier molecular flexibility index (Phi) is 7.98. The number of aromatic nitrogens is 1. The second-order valence-corrected chi connectivity index (χ2v) is 9.55. The monoisotopic (exact) mass is 522 g/mol. The van der Waals surface area contributed by atoms with Crippen LogP contribution in [0.4, 0.5) is 34.8 Å². The molecule has 0 fully saturated rings. The summed E-state index contributed by atoms with van der Waals surface area (Å²) in [5, 5.41) is 5.43. The van der Waals surface area contributed by atoms with Gasteiger partial charge in [-0.15, -0.1) is 0 Å². The highest BCUT2D eigenvalue weighted by Crippen LogP contribution is 2.31. The van der Waals surface area contributed by atoms with Crippen LogP contribution in [0, 0.1) is 5.82 Å². The van der Waals surface area contributed by atoms with Crippen LogP contribution in [0.3, 0.4) is 0 Å². The van der Waals surface area contributed by atoms with E-state index in [1.54, 1.807) is 37.3 Å². The highest BCUT2D eigenvalue weighted by molar-refractivity contribution is 7.92. The molecule has 2 aromatic carbocycles. The average Bonchev–Trinajstić information content (AvgIpc) is 2.78. The van der Waals surface area contributed by atoms with Crippen LogP contribution in [0.2, 0.25) is 0 Å². The summed E-state index contributed by atoms with van der Waals surface area (Å²) in [6, 6.07) is 13.6. The number of sulfonamides is 1. The van der Waals surface area contributed by atoms with Crippen molar-refractivity contribution in [2.45, 2.75) is 19.1 Å². The van der Waals surface area contributed by atoms with Crippen molar-refractivity contribution < 1.29 is 30.8 Å². The lowest BCUT2D eigenvalue weighted by molar-refractivity contribution is -0.141. The van der Waals surface area contributed by atoms with Crippen molar-refractivity contribution in [3.05, 3.63) is 89.4 Å². The van der Waals surface area contributed by atoms with E-state index in [-0.39, 0.29) is 17.1 Å². The molecule has 36 heavy (non-hydrogen) atoms. The summed E-state index contributed by atoms with van der Waals surface area (Å²) < 4.78 is 78.3. The molecule has 0 unspecified atom stereocenters. The fourth-order valence-electron chi connectivity index (χ4n) is 3.11. The highest BCUT2D eigenvalue weighted by atomic mass is 32.2. The standard InChI is InChI=1S/C24H22F4N4O3S/c1-15(17-8-11-20(19(25)14-17)32-36(2,34)35)29-22(33)13-10-16-9-12-21(24(26,27)28)31-23(16)30-18-6-4-3-5-7-18/h3-15,32H,1-2H3,(H,29,33)(H,30,31)/b13-10+/t15-/m1/s1. The second kappa shape index (κ2) is 10.8. The zero-order valence-electron chi connectivity index (χ0n) is 19.1. The first-order valence-electron chi connectivity index (χ1n) is 10.5. The minimum absolute atomic E-state index is 0.0934. The van der Waals surface area contributed by atoms with Gasteiger partial charge in [0.25, 0.3) is 0 Å². The van der Waals surface area contributed by atoms with E-state index >= 15 is 0 Å². The van der Waals surface area contributed by atoms with Crippen LogP contribution in [-0.4, -0.2) is 25.6 Å². The number of hydrogen-bond acceptors (Lipinski definition) is 5. The van der Waals surface area contributed by atoms with Crippen LogP contribution in [0.25, 0.3) is 6.08 Å². The number of nitrogens with one attached hydrogen (secondary N) is 3. The van der Waals surface area contributed by atoms with Crippen LogP contribution < -0.4 is 15.4 Å². The molecule has 0 aliphatic rings. The molecule has 1 amide bonds. The third-order valence-corrected chi connectivity index (χ3v) is 5.41. The maximum absolute atomic E-state index is 14.2. The van der Waals surface area contributed by atoms with E-state index < -0.39 is 39.7 Å². The van der Waals surface area contributed by atoms with Crippen LogP contribution in [-0.2, 0) is 21.0 Å². The number of amides is 1. The van der Waals surface area contributed by atoms with E-state index in [4.69, 9.17) is 0 Å². The molecule has 0 saturated heterocycles. The molecule has 1 aromatic heterocycles. The van der Waals surface area contributed by atoms with Gasteiger partial charge in [0.15, 0.2) is 0 Å². The Morgan fingerprint density at radius 1 is 1.06 bits per heavy atom. The quantitative estimate of drug-likeness (QED) is 0.277. The SMILES string of the molecule is C[C@@H](NC(=O)/C=C/c1ccc(C(F)(F)F)nc1Nc1ccccc1)c1ccc(NS(C)(=O)=O)c(F)c1. The van der Waals surface area contributed by atoms with Gasteiger partial charge in [0.05, 0.1) is 18.0 Å². The third-order valence-electron chi connectivity index (χ3n) is 4.81. The highest BCUT2D eigenvalue weighted by Gasteiger charge is 2.33. The molecule has 0 spiro atoms. The minimum Gasteiger partial charge on any atom is -0.346 e. The number of para-hydroxylation sites is 1. The molecule has 0 aliphatic heterocycles. The first-order chi connectivity index (χ1) is 16.8. The molecular weight excluding hydrogens is 500 g/mol. The molecule has 3 aromatic rings. The number of anilines is 3. The number of hydrogen-bond donors (Lipinski definition) is 3. The van der Waals surface area contributed by atoms with E-state index in [1.807, 2.05) is 4.72 Å². The summed E-state index contributed by atoms with van der Waals surface area (Å²) in [5.74, 6) is -1.50. The molecule has 3 N–H and O–H groups in total. The van der Waals surface area contributed by atoms with Crippen molar-refractivity contribution in [3.63, 3.8) is 0 Å². The Hall–Kier alpha value is -3.93. The fraction of sp³-hybridized carbons (Fsp3) is 0.167. The third kappa shape index (κ3) is 7.54. The zero-order chi connectivity index (χ0) is 26.5. The first kappa shape index (κ1) is 26.7. The summed E-state index contributed by atoms with van der Waals surface area (Å²) in [4.78, 5) is 16.1. The molecule has 12 heteroatoms. The average molecular weight is 523 g/mol. The Balaban J connectivity index is 1.76. The van der Waals surface area contributed by atoms with Crippen molar-refractivity contribution in [2.75, 3.05) is 16.3 Å². The molecule has 3 rings (SSSR count). The molecule has 0 aliphatic carbocycles. The summed E-state index contributed by atoms with van der Waals surface area (Å²) >= 11 is 0. The van der Waals surface area contributed by atoms with Crippen molar-refractivity contribution in [3.8, 4) is 0 Å². The minimum atomic E-state index is -4.65. The maximum Gasteiger partial charge on any atom is 0.433 e. The molecule has 0 saturated carbocycles. The summed E-state index contributed by atoms with van der Waals surface area (Å²) in [6.07, 6.45) is -1.33. The second-order valence-electron chi connectivity index (χ2n) is 7.80. The molecular formula is C24H22F4N4O3S. The van der Waals surface area contributed by atoms with Crippen LogP contribution in [0.1, 0.15) is 29.8 Å². The Bertz CT molecular complexity index is 1380. The lowest BCUT2D eigenvalue weighted by Crippen LogP contribution is -2.24. The van der Waals surface area contributed by atoms with Gasteiger partial charge in [0, 0.05) is 17.3 Å². The largest absolute Gasteiger partial charge is 0.433 e. The van der Waals surface area contributed by atoms with Crippen molar-refractivity contribution in [2.24, 2.45) is 0 Å². The van der Waals surface area contributed by atoms with Crippen LogP contribution >= 0.6 is 0 Å².